The van der Waals surface area contributed by atoms with Crippen molar-refractivity contribution in [2.45, 2.75) is 25.4 Å². The van der Waals surface area contributed by atoms with Crippen LogP contribution in [0.4, 0.5) is 5.69 Å². The van der Waals surface area contributed by atoms with Crippen molar-refractivity contribution in [2.24, 2.45) is 0 Å². The van der Waals surface area contributed by atoms with Gasteiger partial charge < -0.3 is 15.1 Å². The van der Waals surface area contributed by atoms with E-state index in [2.05, 4.69) is 27.3 Å². The average Bonchev–Trinajstić information content (AvgIpc) is 3.11. The van der Waals surface area contributed by atoms with Gasteiger partial charge in [0.25, 0.3) is 0 Å². The van der Waals surface area contributed by atoms with E-state index in [0.29, 0.717) is 19.1 Å². The van der Waals surface area contributed by atoms with Crippen LogP contribution in [0.3, 0.4) is 0 Å². The number of para-hydroxylation sites is 1. The highest BCUT2D eigenvalue weighted by Gasteiger charge is 2.29. The Hall–Kier alpha value is -2.40. The van der Waals surface area contributed by atoms with Crippen LogP contribution < -0.4 is 10.2 Å². The van der Waals surface area contributed by atoms with Gasteiger partial charge in [-0.3, -0.25) is 9.78 Å². The topological polar surface area (TPSA) is 48.5 Å². The number of aromatic nitrogens is 1. The van der Waals surface area contributed by atoms with Crippen LogP contribution in [-0.4, -0.2) is 48.5 Å². The van der Waals surface area contributed by atoms with Crippen LogP contribution in [0.25, 0.3) is 0 Å². The molecule has 1 aromatic heterocycles. The number of pyridine rings is 1. The summed E-state index contributed by atoms with van der Waals surface area (Å²) in [6.07, 6.45) is 5.81. The van der Waals surface area contributed by atoms with Gasteiger partial charge in [0.15, 0.2) is 0 Å². The van der Waals surface area contributed by atoms with E-state index in [1.165, 1.54) is 0 Å². The zero-order chi connectivity index (χ0) is 17.5. The van der Waals surface area contributed by atoms with Crippen molar-refractivity contribution in [3.8, 4) is 0 Å². The van der Waals surface area contributed by atoms with E-state index in [1.807, 2.05) is 48.5 Å². The molecule has 1 aliphatic heterocycles. The van der Waals surface area contributed by atoms with Gasteiger partial charge in [-0.05, 0) is 43.7 Å². The Morgan fingerprint density at radius 1 is 1.28 bits per heavy atom. The maximum absolute atomic E-state index is 12.9. The summed E-state index contributed by atoms with van der Waals surface area (Å²) in [4.78, 5) is 21.3. The lowest BCUT2D eigenvalue weighted by Crippen LogP contribution is -2.45. The number of anilines is 1. The SMILES string of the molecule is CNCC1CCCN1C(=O)CN(Cc1cccnc1)c1ccccc1. The maximum atomic E-state index is 12.9. The third kappa shape index (κ3) is 4.57. The highest BCUT2D eigenvalue weighted by atomic mass is 16.2. The molecule has 25 heavy (non-hydrogen) atoms. The quantitative estimate of drug-likeness (QED) is 0.842. The lowest BCUT2D eigenvalue weighted by Gasteiger charge is -2.30. The second kappa shape index (κ2) is 8.62. The van der Waals surface area contributed by atoms with Crippen molar-refractivity contribution >= 4 is 11.6 Å². The molecule has 5 nitrogen and oxygen atoms in total. The maximum Gasteiger partial charge on any atom is 0.242 e. The number of likely N-dealkylation sites (N-methyl/N-ethyl adjacent to an activating group) is 1. The van der Waals surface area contributed by atoms with Crippen LogP contribution in [0.1, 0.15) is 18.4 Å². The molecule has 1 saturated heterocycles. The van der Waals surface area contributed by atoms with Crippen LogP contribution >= 0.6 is 0 Å². The third-order valence-corrected chi connectivity index (χ3v) is 4.68. The first-order chi connectivity index (χ1) is 12.3. The first kappa shape index (κ1) is 17.4. The molecule has 1 fully saturated rings. The number of nitrogens with one attached hydrogen (secondary N) is 1. The zero-order valence-electron chi connectivity index (χ0n) is 14.8. The molecule has 132 valence electrons. The molecule has 0 radical (unpaired) electrons. The number of hydrogen-bond acceptors (Lipinski definition) is 4. The average molecular weight is 338 g/mol. The van der Waals surface area contributed by atoms with Gasteiger partial charge in [-0.25, -0.2) is 0 Å². The predicted octanol–water partition coefficient (Wildman–Crippen LogP) is 2.30. The molecule has 0 spiro atoms. The normalized spacial score (nSPS) is 16.8. The van der Waals surface area contributed by atoms with Crippen LogP contribution in [0.2, 0.25) is 0 Å². The first-order valence-corrected chi connectivity index (χ1v) is 8.91. The lowest BCUT2D eigenvalue weighted by atomic mass is 10.2. The summed E-state index contributed by atoms with van der Waals surface area (Å²) in [6, 6.07) is 14.4. The van der Waals surface area contributed by atoms with Gasteiger partial charge in [-0.15, -0.1) is 0 Å². The smallest absolute Gasteiger partial charge is 0.242 e. The molecular formula is C20H26N4O. The Morgan fingerprint density at radius 3 is 2.84 bits per heavy atom. The molecule has 3 rings (SSSR count). The molecule has 1 aromatic carbocycles. The summed E-state index contributed by atoms with van der Waals surface area (Å²) in [5.74, 6) is 0.200. The highest BCUT2D eigenvalue weighted by molar-refractivity contribution is 5.82. The van der Waals surface area contributed by atoms with E-state index in [4.69, 9.17) is 0 Å². The van der Waals surface area contributed by atoms with Crippen molar-refractivity contribution in [1.29, 1.82) is 0 Å². The number of likely N-dealkylation sites (tertiary alicyclic amines) is 1. The van der Waals surface area contributed by atoms with Crippen molar-refractivity contribution in [2.75, 3.05) is 31.6 Å². The van der Waals surface area contributed by atoms with Crippen molar-refractivity contribution in [3.05, 3.63) is 60.4 Å². The largest absolute Gasteiger partial charge is 0.358 e. The monoisotopic (exact) mass is 338 g/mol. The van der Waals surface area contributed by atoms with Gasteiger partial charge in [-0.1, -0.05) is 24.3 Å². The number of carbonyl (C=O) groups is 1. The third-order valence-electron chi connectivity index (χ3n) is 4.68. The summed E-state index contributed by atoms with van der Waals surface area (Å²) >= 11 is 0. The summed E-state index contributed by atoms with van der Waals surface area (Å²) in [5, 5.41) is 3.20. The van der Waals surface area contributed by atoms with Gasteiger partial charge >= 0.3 is 0 Å². The van der Waals surface area contributed by atoms with Gasteiger partial charge in [0.2, 0.25) is 5.91 Å². The molecular weight excluding hydrogens is 312 g/mol. The number of rotatable bonds is 7. The molecule has 1 N–H and O–H groups in total. The summed E-state index contributed by atoms with van der Waals surface area (Å²) < 4.78 is 0. The fourth-order valence-corrected chi connectivity index (χ4v) is 3.46. The molecule has 1 unspecified atom stereocenters. The fourth-order valence-electron chi connectivity index (χ4n) is 3.46. The van der Waals surface area contributed by atoms with E-state index in [0.717, 1.165) is 37.2 Å². The zero-order valence-corrected chi connectivity index (χ0v) is 14.8. The number of nitrogens with zero attached hydrogens (tertiary/aromatic N) is 3. The van der Waals surface area contributed by atoms with Crippen molar-refractivity contribution in [3.63, 3.8) is 0 Å². The van der Waals surface area contributed by atoms with E-state index in [-0.39, 0.29) is 5.91 Å². The summed E-state index contributed by atoms with van der Waals surface area (Å²) in [7, 11) is 1.94. The minimum Gasteiger partial charge on any atom is -0.358 e. The van der Waals surface area contributed by atoms with Crippen LogP contribution in [0, 0.1) is 0 Å². The second-order valence-electron chi connectivity index (χ2n) is 6.49. The van der Waals surface area contributed by atoms with E-state index < -0.39 is 0 Å². The number of benzene rings is 1. The Kier molecular flexibility index (Phi) is 6.01. The van der Waals surface area contributed by atoms with E-state index >= 15 is 0 Å². The molecule has 0 saturated carbocycles. The number of amides is 1. The number of carbonyl (C=O) groups excluding carboxylic acids is 1. The second-order valence-corrected chi connectivity index (χ2v) is 6.49. The Labute approximate surface area is 149 Å². The summed E-state index contributed by atoms with van der Waals surface area (Å²) in [5.41, 5.74) is 2.16. The van der Waals surface area contributed by atoms with Crippen molar-refractivity contribution < 1.29 is 4.79 Å². The van der Waals surface area contributed by atoms with Crippen LogP contribution in [0.5, 0.6) is 0 Å². The fraction of sp³-hybridized carbons (Fsp3) is 0.400. The van der Waals surface area contributed by atoms with Crippen LogP contribution in [-0.2, 0) is 11.3 Å². The van der Waals surface area contributed by atoms with Gasteiger partial charge in [0.05, 0.1) is 6.54 Å². The predicted molar refractivity (Wildman–Crippen MR) is 100 cm³/mol. The first-order valence-electron chi connectivity index (χ1n) is 8.91. The molecule has 2 heterocycles. The lowest BCUT2D eigenvalue weighted by molar-refractivity contribution is -0.130. The molecule has 2 aromatic rings. The Balaban J connectivity index is 1.74. The van der Waals surface area contributed by atoms with Gasteiger partial charge in [0, 0.05) is 43.8 Å². The minimum atomic E-state index is 0.200. The van der Waals surface area contributed by atoms with Gasteiger partial charge in [0.1, 0.15) is 0 Å². The number of hydrogen-bond donors (Lipinski definition) is 1. The van der Waals surface area contributed by atoms with Crippen molar-refractivity contribution in [1.82, 2.24) is 15.2 Å². The highest BCUT2D eigenvalue weighted by Crippen LogP contribution is 2.20. The van der Waals surface area contributed by atoms with E-state index in [9.17, 15) is 4.79 Å². The summed E-state index contributed by atoms with van der Waals surface area (Å²) in [6.45, 7) is 2.79. The van der Waals surface area contributed by atoms with Crippen LogP contribution in [0.15, 0.2) is 54.9 Å². The molecule has 1 amide bonds. The molecule has 5 heteroatoms. The standard InChI is InChI=1S/C20H26N4O/c1-21-14-19-10-6-12-24(19)20(25)16-23(18-8-3-2-4-9-18)15-17-7-5-11-22-13-17/h2-5,7-9,11,13,19,21H,6,10,12,14-16H2,1H3. The Bertz CT molecular complexity index is 662. The molecule has 1 atom stereocenters. The molecule has 1 aliphatic rings. The Morgan fingerprint density at radius 2 is 2.12 bits per heavy atom. The molecule has 0 aliphatic carbocycles. The van der Waals surface area contributed by atoms with E-state index in [1.54, 1.807) is 6.20 Å². The minimum absolute atomic E-state index is 0.200. The van der Waals surface area contributed by atoms with Gasteiger partial charge in [-0.2, -0.15) is 0 Å². The molecule has 0 bridgehead atoms.